The normalized spacial score (nSPS) is 10.5. The second-order valence-electron chi connectivity index (χ2n) is 4.54. The summed E-state index contributed by atoms with van der Waals surface area (Å²) in [5.41, 5.74) is 11.5. The molecular formula is C14H22ClN4NaO3. The van der Waals surface area contributed by atoms with Crippen LogP contribution < -0.4 is 16.8 Å². The number of guanidine groups is 1. The Labute approximate surface area is 163 Å². The maximum atomic E-state index is 11.6. The van der Waals surface area contributed by atoms with Crippen LogP contribution in [-0.4, -0.2) is 60.0 Å². The van der Waals surface area contributed by atoms with Crippen molar-refractivity contribution in [2.75, 3.05) is 6.54 Å². The summed E-state index contributed by atoms with van der Waals surface area (Å²) in [7, 11) is 0. The van der Waals surface area contributed by atoms with Gasteiger partial charge >= 0.3 is 41.5 Å². The molecule has 124 valence electrons. The van der Waals surface area contributed by atoms with E-state index in [2.05, 4.69) is 5.32 Å². The number of nitrogens with one attached hydrogen (secondary N) is 2. The van der Waals surface area contributed by atoms with Gasteiger partial charge in [0.2, 0.25) is 0 Å². The quantitative estimate of drug-likeness (QED) is 0.133. The standard InChI is InChI=1S/C14H20N4O3.ClH.Na.H/c15-11(7-4-8-18-14(16)17)13(20)21-12(19)9-10-5-2-1-3-6-10;;;/h1-3,5-6,11H,4,7-9,15H2,(H4,16,17,18);1H;;/t11-;;;/m0.../s1. The number of esters is 2. The molecule has 0 fully saturated rings. The van der Waals surface area contributed by atoms with Crippen LogP contribution in [0.15, 0.2) is 30.3 Å². The van der Waals surface area contributed by atoms with Crippen LogP contribution in [0, 0.1) is 5.41 Å². The molecule has 0 spiro atoms. The molecule has 0 bridgehead atoms. The first kappa shape index (κ1) is 24.1. The molecule has 0 heterocycles. The fourth-order valence-corrected chi connectivity index (χ4v) is 1.65. The Morgan fingerprint density at radius 2 is 1.87 bits per heavy atom. The molecule has 0 saturated carbocycles. The molecule has 0 aliphatic carbocycles. The first-order chi connectivity index (χ1) is 9.99. The van der Waals surface area contributed by atoms with Gasteiger partial charge in [-0.2, -0.15) is 0 Å². The van der Waals surface area contributed by atoms with Crippen molar-refractivity contribution < 1.29 is 14.3 Å². The number of benzene rings is 1. The molecule has 0 amide bonds. The topological polar surface area (TPSA) is 131 Å². The van der Waals surface area contributed by atoms with Gasteiger partial charge in [0.15, 0.2) is 5.96 Å². The van der Waals surface area contributed by atoms with Crippen molar-refractivity contribution >= 4 is 59.9 Å². The number of hydrogen-bond donors (Lipinski definition) is 4. The third kappa shape index (κ3) is 11.1. The van der Waals surface area contributed by atoms with Gasteiger partial charge in [0, 0.05) is 6.54 Å². The van der Waals surface area contributed by atoms with Crippen LogP contribution in [0.1, 0.15) is 18.4 Å². The van der Waals surface area contributed by atoms with Crippen LogP contribution in [0.25, 0.3) is 0 Å². The van der Waals surface area contributed by atoms with Crippen molar-refractivity contribution in [2.45, 2.75) is 25.3 Å². The predicted octanol–water partition coefficient (Wildman–Crippen LogP) is -0.337. The molecule has 0 aliphatic heterocycles. The molecule has 7 nitrogen and oxygen atoms in total. The molecule has 9 heteroatoms. The van der Waals surface area contributed by atoms with Crippen molar-refractivity contribution in [1.82, 2.24) is 5.32 Å². The SMILES string of the molecule is Cl.N=C(N)NCCC[C@H](N)C(=O)OC(=O)Cc1ccccc1.[NaH]. The average Bonchev–Trinajstić information content (AvgIpc) is 2.44. The van der Waals surface area contributed by atoms with Crippen molar-refractivity contribution in [3.63, 3.8) is 0 Å². The van der Waals surface area contributed by atoms with E-state index >= 15 is 0 Å². The molecule has 0 radical (unpaired) electrons. The third-order valence-electron chi connectivity index (χ3n) is 2.72. The van der Waals surface area contributed by atoms with Gasteiger partial charge in [-0.1, -0.05) is 30.3 Å². The summed E-state index contributed by atoms with van der Waals surface area (Å²) in [4.78, 5) is 23.2. The summed E-state index contributed by atoms with van der Waals surface area (Å²) in [6, 6.07) is 8.14. The van der Waals surface area contributed by atoms with Gasteiger partial charge in [0.05, 0.1) is 6.42 Å². The van der Waals surface area contributed by atoms with Crippen molar-refractivity contribution in [1.29, 1.82) is 5.41 Å². The maximum absolute atomic E-state index is 11.6. The van der Waals surface area contributed by atoms with Crippen LogP contribution in [0.2, 0.25) is 0 Å². The van der Waals surface area contributed by atoms with Crippen LogP contribution in [0.5, 0.6) is 0 Å². The van der Waals surface area contributed by atoms with Crippen LogP contribution >= 0.6 is 12.4 Å². The van der Waals surface area contributed by atoms with E-state index in [0.29, 0.717) is 19.4 Å². The van der Waals surface area contributed by atoms with E-state index in [4.69, 9.17) is 21.6 Å². The second kappa shape index (κ2) is 13.3. The van der Waals surface area contributed by atoms with Gasteiger partial charge in [-0.15, -0.1) is 12.4 Å². The van der Waals surface area contributed by atoms with Gasteiger partial charge in [-0.05, 0) is 18.4 Å². The zero-order valence-corrected chi connectivity index (χ0v) is 12.9. The minimum atomic E-state index is -0.863. The van der Waals surface area contributed by atoms with Crippen LogP contribution in [-0.2, 0) is 20.7 Å². The van der Waals surface area contributed by atoms with E-state index in [1.54, 1.807) is 24.3 Å². The summed E-state index contributed by atoms with van der Waals surface area (Å²) < 4.78 is 4.70. The van der Waals surface area contributed by atoms with Crippen LogP contribution in [0.3, 0.4) is 0 Å². The van der Waals surface area contributed by atoms with Gasteiger partial charge in [-0.3, -0.25) is 10.2 Å². The number of carbonyl (C=O) groups is 2. The number of halogens is 1. The molecule has 0 unspecified atom stereocenters. The summed E-state index contributed by atoms with van der Waals surface area (Å²) in [5, 5.41) is 9.56. The number of rotatable bonds is 7. The molecule has 0 saturated heterocycles. The van der Waals surface area contributed by atoms with E-state index in [1.807, 2.05) is 6.07 Å². The fraction of sp³-hybridized carbons (Fsp3) is 0.357. The molecule has 6 N–H and O–H groups in total. The van der Waals surface area contributed by atoms with Gasteiger partial charge in [0.1, 0.15) is 6.04 Å². The van der Waals surface area contributed by atoms with Crippen LogP contribution in [0.4, 0.5) is 0 Å². The third-order valence-corrected chi connectivity index (χ3v) is 2.72. The first-order valence-electron chi connectivity index (χ1n) is 6.61. The monoisotopic (exact) mass is 352 g/mol. The average molecular weight is 353 g/mol. The number of hydrogen-bond acceptors (Lipinski definition) is 5. The van der Waals surface area contributed by atoms with Crippen molar-refractivity contribution in [2.24, 2.45) is 11.5 Å². The zero-order valence-electron chi connectivity index (χ0n) is 12.1. The van der Waals surface area contributed by atoms with E-state index in [0.717, 1.165) is 5.56 Å². The van der Waals surface area contributed by atoms with Gasteiger partial charge in [0.25, 0.3) is 0 Å². The number of ether oxygens (including phenoxy) is 1. The Morgan fingerprint density at radius 3 is 2.43 bits per heavy atom. The molecule has 1 aromatic carbocycles. The molecule has 1 atom stereocenters. The van der Waals surface area contributed by atoms with E-state index in [1.165, 1.54) is 0 Å². The molecule has 1 rings (SSSR count). The second-order valence-corrected chi connectivity index (χ2v) is 4.54. The number of carbonyl (C=O) groups excluding carboxylic acids is 2. The summed E-state index contributed by atoms with van der Waals surface area (Å²) in [6.07, 6.45) is 0.922. The van der Waals surface area contributed by atoms with E-state index in [9.17, 15) is 9.59 Å². The summed E-state index contributed by atoms with van der Waals surface area (Å²) >= 11 is 0. The Hall–Kier alpha value is -1.12. The van der Waals surface area contributed by atoms with E-state index < -0.39 is 18.0 Å². The molecule has 1 aromatic rings. The summed E-state index contributed by atoms with van der Waals surface area (Å²) in [5.74, 6) is -1.49. The van der Waals surface area contributed by atoms with Gasteiger partial charge < -0.3 is 21.5 Å². The van der Waals surface area contributed by atoms with Crippen molar-refractivity contribution in [3.05, 3.63) is 35.9 Å². The first-order valence-corrected chi connectivity index (χ1v) is 6.61. The summed E-state index contributed by atoms with van der Waals surface area (Å²) in [6.45, 7) is 0.439. The Bertz CT molecular complexity index is 502. The Kier molecular flexibility index (Phi) is 14.0. The van der Waals surface area contributed by atoms with E-state index in [-0.39, 0.29) is 54.3 Å². The zero-order chi connectivity index (χ0) is 15.7. The Balaban J connectivity index is 0. The fourth-order valence-electron chi connectivity index (χ4n) is 1.65. The molecule has 0 aliphatic rings. The number of nitrogens with two attached hydrogens (primary N) is 2. The molecule has 23 heavy (non-hydrogen) atoms. The Morgan fingerprint density at radius 1 is 1.26 bits per heavy atom. The molecule has 0 aromatic heterocycles. The predicted molar refractivity (Wildman–Crippen MR) is 92.8 cm³/mol. The minimum absolute atomic E-state index is 0. The molecular weight excluding hydrogens is 331 g/mol. The van der Waals surface area contributed by atoms with Gasteiger partial charge in [-0.25, -0.2) is 4.79 Å². The van der Waals surface area contributed by atoms with Crippen molar-refractivity contribution in [3.8, 4) is 0 Å².